The molecule has 0 fully saturated rings. The molecule has 0 radical (unpaired) electrons. The molecular formula is C27H23ClN4O3S2. The molecule has 0 spiro atoms. The van der Waals surface area contributed by atoms with Gasteiger partial charge in [-0.25, -0.2) is 8.97 Å². The van der Waals surface area contributed by atoms with Gasteiger partial charge in [-0.1, -0.05) is 48.5 Å². The van der Waals surface area contributed by atoms with Crippen molar-refractivity contribution >= 4 is 56.5 Å². The molecule has 1 aliphatic rings. The second-order valence-electron chi connectivity index (χ2n) is 9.27. The number of thioether (sulfide) groups is 1. The van der Waals surface area contributed by atoms with Crippen LogP contribution >= 0.6 is 34.7 Å². The molecule has 0 N–H and O–H groups in total. The molecule has 37 heavy (non-hydrogen) atoms. The number of ketones is 1. The first kappa shape index (κ1) is 24.4. The molecule has 188 valence electrons. The van der Waals surface area contributed by atoms with Gasteiger partial charge in [0.2, 0.25) is 5.78 Å². The Morgan fingerprint density at radius 3 is 2.65 bits per heavy atom. The fourth-order valence-corrected chi connectivity index (χ4v) is 6.84. The molecule has 4 heterocycles. The second-order valence-corrected chi connectivity index (χ2v) is 11.7. The van der Waals surface area contributed by atoms with Crippen LogP contribution in [0.15, 0.2) is 64.5 Å². The summed E-state index contributed by atoms with van der Waals surface area (Å²) in [5, 5.41) is 10.7. The van der Waals surface area contributed by atoms with Crippen LogP contribution in [0.5, 0.6) is 0 Å². The van der Waals surface area contributed by atoms with E-state index < -0.39 is 0 Å². The number of para-hydroxylation sites is 1. The van der Waals surface area contributed by atoms with Crippen molar-refractivity contribution in [1.29, 1.82) is 0 Å². The summed E-state index contributed by atoms with van der Waals surface area (Å²) in [6, 6.07) is 16.3. The number of aromatic nitrogens is 4. The second kappa shape index (κ2) is 9.40. The number of halogens is 1. The molecule has 1 aliphatic heterocycles. The van der Waals surface area contributed by atoms with Crippen molar-refractivity contribution in [3.8, 4) is 5.69 Å². The van der Waals surface area contributed by atoms with Crippen LogP contribution in [-0.2, 0) is 17.8 Å². The molecule has 6 rings (SSSR count). The Balaban J connectivity index is 1.52. The van der Waals surface area contributed by atoms with Crippen LogP contribution in [0.1, 0.15) is 41.1 Å². The summed E-state index contributed by atoms with van der Waals surface area (Å²) in [6.07, 6.45) is 1.51. The van der Waals surface area contributed by atoms with Crippen LogP contribution < -0.4 is 5.56 Å². The number of rotatable bonds is 6. The van der Waals surface area contributed by atoms with E-state index in [4.69, 9.17) is 16.3 Å². The van der Waals surface area contributed by atoms with Crippen molar-refractivity contribution < 1.29 is 9.53 Å². The van der Waals surface area contributed by atoms with E-state index in [-0.39, 0.29) is 22.7 Å². The summed E-state index contributed by atoms with van der Waals surface area (Å²) in [6.45, 7) is 4.66. The van der Waals surface area contributed by atoms with E-state index in [1.165, 1.54) is 11.8 Å². The van der Waals surface area contributed by atoms with Gasteiger partial charge in [-0.2, -0.15) is 0 Å². The van der Waals surface area contributed by atoms with E-state index in [0.717, 1.165) is 21.7 Å². The smallest absolute Gasteiger partial charge is 0.268 e. The minimum Gasteiger partial charge on any atom is -0.369 e. The molecule has 0 unspecified atom stereocenters. The highest BCUT2D eigenvalue weighted by Gasteiger charge is 2.34. The van der Waals surface area contributed by atoms with Crippen LogP contribution in [0.4, 0.5) is 0 Å². The lowest BCUT2D eigenvalue weighted by Crippen LogP contribution is -2.34. The monoisotopic (exact) mass is 550 g/mol. The van der Waals surface area contributed by atoms with Crippen molar-refractivity contribution in [3.05, 3.63) is 86.0 Å². The fraction of sp³-hybridized carbons (Fsp3) is 0.259. The normalized spacial score (nSPS) is 17.4. The van der Waals surface area contributed by atoms with Crippen molar-refractivity contribution in [3.63, 3.8) is 0 Å². The zero-order valence-electron chi connectivity index (χ0n) is 20.2. The highest BCUT2D eigenvalue weighted by atomic mass is 35.5. The molecule has 1 atom stereocenters. The minimum absolute atomic E-state index is 0.0383. The molecular weight excluding hydrogens is 528 g/mol. The third kappa shape index (κ3) is 4.20. The topological polar surface area (TPSA) is 78.5 Å². The highest BCUT2D eigenvalue weighted by Crippen LogP contribution is 2.40. The van der Waals surface area contributed by atoms with Gasteiger partial charge in [0.1, 0.15) is 4.83 Å². The summed E-state index contributed by atoms with van der Waals surface area (Å²) in [4.78, 5) is 28.7. The van der Waals surface area contributed by atoms with Crippen LogP contribution in [0.3, 0.4) is 0 Å². The van der Waals surface area contributed by atoms with E-state index in [0.29, 0.717) is 45.6 Å². The van der Waals surface area contributed by atoms with Gasteiger partial charge < -0.3 is 4.74 Å². The maximum atomic E-state index is 14.0. The molecule has 0 saturated carbocycles. The van der Waals surface area contributed by atoms with E-state index >= 15 is 0 Å². The first-order chi connectivity index (χ1) is 17.9. The Bertz CT molecular complexity index is 1710. The number of nitrogens with zero attached hydrogens (tertiary/aromatic N) is 4. The van der Waals surface area contributed by atoms with E-state index in [9.17, 15) is 9.59 Å². The number of hydrogen-bond donors (Lipinski definition) is 0. The van der Waals surface area contributed by atoms with Crippen molar-refractivity contribution in [1.82, 2.24) is 19.2 Å². The summed E-state index contributed by atoms with van der Waals surface area (Å²) >= 11 is 8.82. The summed E-state index contributed by atoms with van der Waals surface area (Å²) in [5.74, 6) is 0.558. The predicted molar refractivity (Wildman–Crippen MR) is 148 cm³/mol. The first-order valence-corrected chi connectivity index (χ1v) is 14.1. The summed E-state index contributed by atoms with van der Waals surface area (Å²) in [5.41, 5.74) is 1.89. The van der Waals surface area contributed by atoms with Gasteiger partial charge in [0.15, 0.2) is 10.9 Å². The molecule has 0 saturated heterocycles. The largest absolute Gasteiger partial charge is 0.369 e. The number of thiophene rings is 1. The van der Waals surface area contributed by atoms with E-state index in [1.54, 1.807) is 40.2 Å². The van der Waals surface area contributed by atoms with Crippen molar-refractivity contribution in [2.75, 3.05) is 5.75 Å². The fourth-order valence-electron chi connectivity index (χ4n) is 4.61. The summed E-state index contributed by atoms with van der Waals surface area (Å²) in [7, 11) is 0. The molecule has 2 aromatic carbocycles. The van der Waals surface area contributed by atoms with Gasteiger partial charge >= 0.3 is 0 Å². The molecule has 0 aliphatic carbocycles. The molecule has 10 heteroatoms. The Labute approximate surface area is 226 Å². The lowest BCUT2D eigenvalue weighted by atomic mass is 9.90. The van der Waals surface area contributed by atoms with Crippen LogP contribution in [0.2, 0.25) is 5.02 Å². The van der Waals surface area contributed by atoms with E-state index in [2.05, 4.69) is 24.0 Å². The van der Waals surface area contributed by atoms with Gasteiger partial charge in [-0.15, -0.1) is 21.5 Å². The maximum absolute atomic E-state index is 14.0. The standard InChI is InChI=1S/C27H23ClN4O3S2/c1-3-27(2)13-19-21(14-35-27)37-24-22(19)23(34)31(18-7-5-4-6-8-18)25-29-30-26(32(24)25)36-15-20(33)16-9-11-17(28)12-10-16/h4-12H,3,13-15H2,1-2H3/t27-/m1/s1. The van der Waals surface area contributed by atoms with Gasteiger partial charge in [0.25, 0.3) is 5.56 Å². The quantitative estimate of drug-likeness (QED) is 0.192. The zero-order chi connectivity index (χ0) is 25.7. The van der Waals surface area contributed by atoms with Gasteiger partial charge in [0.05, 0.1) is 29.0 Å². The molecule has 7 nitrogen and oxygen atoms in total. The van der Waals surface area contributed by atoms with Gasteiger partial charge in [0, 0.05) is 21.9 Å². The van der Waals surface area contributed by atoms with E-state index in [1.807, 2.05) is 34.7 Å². The zero-order valence-corrected chi connectivity index (χ0v) is 22.6. The Hall–Kier alpha value is -2.98. The average molecular weight is 551 g/mol. The Morgan fingerprint density at radius 2 is 1.92 bits per heavy atom. The van der Waals surface area contributed by atoms with Crippen molar-refractivity contribution in [2.45, 2.75) is 44.1 Å². The molecule has 5 aromatic rings. The number of carbonyl (C=O) groups excluding carboxylic acids is 1. The molecule has 0 bridgehead atoms. The molecule has 0 amide bonds. The first-order valence-electron chi connectivity index (χ1n) is 11.9. The Kier molecular flexibility index (Phi) is 6.19. The van der Waals surface area contributed by atoms with Gasteiger partial charge in [-0.3, -0.25) is 9.59 Å². The third-order valence-electron chi connectivity index (χ3n) is 6.87. The Morgan fingerprint density at radius 1 is 1.16 bits per heavy atom. The maximum Gasteiger partial charge on any atom is 0.268 e. The minimum atomic E-state index is -0.324. The number of Topliss-reactive ketones (excluding diaryl/α,β-unsaturated/α-hetero) is 1. The van der Waals surface area contributed by atoms with Crippen LogP contribution in [0.25, 0.3) is 21.7 Å². The lowest BCUT2D eigenvalue weighted by Gasteiger charge is -2.32. The highest BCUT2D eigenvalue weighted by molar-refractivity contribution is 7.99. The number of benzene rings is 2. The average Bonchev–Trinajstić information content (AvgIpc) is 3.49. The SMILES string of the molecule is CC[C@]1(C)Cc2c(sc3c2c(=O)n(-c2ccccc2)c2nnc(SCC(=O)c4ccc(Cl)cc4)n32)CO1. The number of hydrogen-bond acceptors (Lipinski definition) is 7. The van der Waals surface area contributed by atoms with Crippen molar-refractivity contribution in [2.24, 2.45) is 0 Å². The van der Waals surface area contributed by atoms with Gasteiger partial charge in [-0.05, 0) is 55.3 Å². The number of ether oxygens (including phenoxy) is 1. The van der Waals surface area contributed by atoms with Crippen LogP contribution in [0, 0.1) is 0 Å². The number of carbonyl (C=O) groups is 1. The lowest BCUT2D eigenvalue weighted by molar-refractivity contribution is -0.0543. The molecule has 3 aromatic heterocycles. The van der Waals surface area contributed by atoms with Crippen LogP contribution in [-0.4, -0.2) is 36.3 Å². The number of fused-ring (bicyclic) bond motifs is 5. The predicted octanol–water partition coefficient (Wildman–Crippen LogP) is 5.96. The third-order valence-corrected chi connectivity index (χ3v) is 9.24. The summed E-state index contributed by atoms with van der Waals surface area (Å²) < 4.78 is 9.72.